The first-order valence-electron chi connectivity index (χ1n) is 5.77. The molecular formula is C13H20N2O2. The first kappa shape index (κ1) is 13.8. The van der Waals surface area contributed by atoms with Crippen molar-refractivity contribution in [2.45, 2.75) is 39.8 Å². The summed E-state index contributed by atoms with van der Waals surface area (Å²) in [5, 5.41) is 21.1. The molecule has 94 valence electrons. The molecule has 1 aromatic heterocycles. The van der Waals surface area contributed by atoms with Crippen LogP contribution in [0.2, 0.25) is 0 Å². The highest BCUT2D eigenvalue weighted by molar-refractivity contribution is 5.18. The molecule has 0 aromatic carbocycles. The van der Waals surface area contributed by atoms with Crippen molar-refractivity contribution in [3.8, 4) is 6.07 Å². The molecule has 1 atom stereocenters. The van der Waals surface area contributed by atoms with Crippen LogP contribution in [0.5, 0.6) is 0 Å². The summed E-state index contributed by atoms with van der Waals surface area (Å²) in [7, 11) is 0. The van der Waals surface area contributed by atoms with E-state index in [1.807, 2.05) is 6.07 Å². The topological polar surface area (TPSA) is 69.2 Å². The summed E-state index contributed by atoms with van der Waals surface area (Å²) in [6.07, 6.45) is 0.884. The summed E-state index contributed by atoms with van der Waals surface area (Å²) in [4.78, 5) is 0. The van der Waals surface area contributed by atoms with E-state index in [4.69, 9.17) is 9.68 Å². The smallest absolute Gasteiger partial charge is 0.203 e. The maximum absolute atomic E-state index is 9.27. The number of hydrogen-bond donors (Lipinski definition) is 2. The SMILES string of the molecule is CC(C)(C)CC(CO)NCc1ccc(C#N)o1. The molecule has 4 heteroatoms. The van der Waals surface area contributed by atoms with Gasteiger partial charge in [-0.15, -0.1) is 0 Å². The Bertz CT molecular complexity index is 385. The average Bonchev–Trinajstić information content (AvgIpc) is 2.70. The first-order chi connectivity index (χ1) is 7.94. The van der Waals surface area contributed by atoms with Gasteiger partial charge in [-0.3, -0.25) is 0 Å². The number of nitrogens with zero attached hydrogens (tertiary/aromatic N) is 1. The second-order valence-electron chi connectivity index (χ2n) is 5.40. The number of nitrogens with one attached hydrogen (secondary N) is 1. The molecule has 0 saturated heterocycles. The molecule has 1 aromatic rings. The Kier molecular flexibility index (Phi) is 4.73. The van der Waals surface area contributed by atoms with Crippen molar-refractivity contribution in [1.82, 2.24) is 5.32 Å². The lowest BCUT2D eigenvalue weighted by Crippen LogP contribution is -2.35. The zero-order chi connectivity index (χ0) is 12.9. The molecule has 2 N–H and O–H groups in total. The van der Waals surface area contributed by atoms with Gasteiger partial charge in [0.1, 0.15) is 11.8 Å². The highest BCUT2D eigenvalue weighted by atomic mass is 16.3. The monoisotopic (exact) mass is 236 g/mol. The molecule has 0 aliphatic carbocycles. The van der Waals surface area contributed by atoms with Crippen LogP contribution in [0.25, 0.3) is 0 Å². The average molecular weight is 236 g/mol. The van der Waals surface area contributed by atoms with Gasteiger partial charge < -0.3 is 14.8 Å². The predicted octanol–water partition coefficient (Wildman–Crippen LogP) is 2.04. The van der Waals surface area contributed by atoms with E-state index in [-0.39, 0.29) is 18.1 Å². The van der Waals surface area contributed by atoms with Gasteiger partial charge in [0.15, 0.2) is 0 Å². The van der Waals surface area contributed by atoms with Crippen LogP contribution in [0.3, 0.4) is 0 Å². The van der Waals surface area contributed by atoms with Gasteiger partial charge in [0.2, 0.25) is 5.76 Å². The Hall–Kier alpha value is -1.31. The largest absolute Gasteiger partial charge is 0.449 e. The summed E-state index contributed by atoms with van der Waals surface area (Å²) in [6.45, 7) is 7.04. The Morgan fingerprint density at radius 3 is 2.65 bits per heavy atom. The minimum atomic E-state index is 0.0469. The van der Waals surface area contributed by atoms with Gasteiger partial charge in [-0.05, 0) is 24.0 Å². The first-order valence-corrected chi connectivity index (χ1v) is 5.77. The molecule has 0 radical (unpaired) electrons. The Labute approximate surface area is 102 Å². The lowest BCUT2D eigenvalue weighted by molar-refractivity contribution is 0.195. The summed E-state index contributed by atoms with van der Waals surface area (Å²) < 4.78 is 5.25. The fourth-order valence-corrected chi connectivity index (χ4v) is 1.72. The zero-order valence-electron chi connectivity index (χ0n) is 10.7. The molecule has 0 amide bonds. The number of hydrogen-bond acceptors (Lipinski definition) is 4. The van der Waals surface area contributed by atoms with Gasteiger partial charge in [0, 0.05) is 6.04 Å². The fraction of sp³-hybridized carbons (Fsp3) is 0.615. The van der Waals surface area contributed by atoms with Crippen molar-refractivity contribution < 1.29 is 9.52 Å². The molecule has 1 rings (SSSR count). The highest BCUT2D eigenvalue weighted by Crippen LogP contribution is 2.20. The molecule has 0 spiro atoms. The highest BCUT2D eigenvalue weighted by Gasteiger charge is 2.18. The van der Waals surface area contributed by atoms with Crippen LogP contribution in [0, 0.1) is 16.7 Å². The molecule has 4 nitrogen and oxygen atoms in total. The number of aliphatic hydroxyl groups is 1. The quantitative estimate of drug-likeness (QED) is 0.820. The lowest BCUT2D eigenvalue weighted by Gasteiger charge is -2.25. The molecule has 0 fully saturated rings. The zero-order valence-corrected chi connectivity index (χ0v) is 10.7. The van der Waals surface area contributed by atoms with Crippen LogP contribution in [0.1, 0.15) is 38.7 Å². The van der Waals surface area contributed by atoms with E-state index < -0.39 is 0 Å². The van der Waals surface area contributed by atoms with Crippen LogP contribution in [-0.4, -0.2) is 17.8 Å². The third-order valence-corrected chi connectivity index (χ3v) is 2.42. The van der Waals surface area contributed by atoms with E-state index in [2.05, 4.69) is 26.1 Å². The van der Waals surface area contributed by atoms with Crippen LogP contribution in [0.4, 0.5) is 0 Å². The Morgan fingerprint density at radius 2 is 2.18 bits per heavy atom. The summed E-state index contributed by atoms with van der Waals surface area (Å²) >= 11 is 0. The minimum absolute atomic E-state index is 0.0469. The van der Waals surface area contributed by atoms with E-state index in [1.54, 1.807) is 12.1 Å². The van der Waals surface area contributed by atoms with Gasteiger partial charge in [0.05, 0.1) is 13.2 Å². The lowest BCUT2D eigenvalue weighted by atomic mass is 9.88. The second-order valence-corrected chi connectivity index (χ2v) is 5.40. The third-order valence-electron chi connectivity index (χ3n) is 2.42. The second kappa shape index (κ2) is 5.85. The van der Waals surface area contributed by atoms with Gasteiger partial charge in [0.25, 0.3) is 0 Å². The van der Waals surface area contributed by atoms with Gasteiger partial charge in [-0.2, -0.15) is 5.26 Å². The van der Waals surface area contributed by atoms with Crippen molar-refractivity contribution in [3.05, 3.63) is 23.7 Å². The van der Waals surface area contributed by atoms with E-state index in [0.717, 1.165) is 6.42 Å². The van der Waals surface area contributed by atoms with E-state index in [1.165, 1.54) is 0 Å². The van der Waals surface area contributed by atoms with E-state index >= 15 is 0 Å². The molecule has 0 aliphatic rings. The Balaban J connectivity index is 2.45. The molecule has 0 aliphatic heterocycles. The minimum Gasteiger partial charge on any atom is -0.449 e. The fourth-order valence-electron chi connectivity index (χ4n) is 1.72. The maximum atomic E-state index is 9.27. The predicted molar refractivity (Wildman–Crippen MR) is 65.2 cm³/mol. The number of nitriles is 1. The van der Waals surface area contributed by atoms with Crippen molar-refractivity contribution in [2.24, 2.45) is 5.41 Å². The summed E-state index contributed by atoms with van der Waals surface area (Å²) in [5.74, 6) is 1.03. The van der Waals surface area contributed by atoms with Crippen LogP contribution in [0.15, 0.2) is 16.5 Å². The summed E-state index contributed by atoms with van der Waals surface area (Å²) in [6, 6.07) is 5.41. The third kappa shape index (κ3) is 5.03. The van der Waals surface area contributed by atoms with Gasteiger partial charge in [-0.25, -0.2) is 0 Å². The van der Waals surface area contributed by atoms with Crippen molar-refractivity contribution in [3.63, 3.8) is 0 Å². The number of rotatable bonds is 5. The maximum Gasteiger partial charge on any atom is 0.203 e. The van der Waals surface area contributed by atoms with Gasteiger partial charge >= 0.3 is 0 Å². The Morgan fingerprint density at radius 1 is 1.47 bits per heavy atom. The molecule has 1 unspecified atom stereocenters. The normalized spacial score (nSPS) is 13.4. The van der Waals surface area contributed by atoms with Crippen molar-refractivity contribution in [2.75, 3.05) is 6.61 Å². The molecule has 1 heterocycles. The van der Waals surface area contributed by atoms with Crippen molar-refractivity contribution in [1.29, 1.82) is 5.26 Å². The van der Waals surface area contributed by atoms with Crippen LogP contribution >= 0.6 is 0 Å². The number of furan rings is 1. The van der Waals surface area contributed by atoms with E-state index in [0.29, 0.717) is 18.1 Å². The molecule has 0 bridgehead atoms. The number of aliphatic hydroxyl groups excluding tert-OH is 1. The van der Waals surface area contributed by atoms with Crippen LogP contribution < -0.4 is 5.32 Å². The summed E-state index contributed by atoms with van der Waals surface area (Å²) in [5.41, 5.74) is 0.168. The van der Waals surface area contributed by atoms with Gasteiger partial charge in [-0.1, -0.05) is 20.8 Å². The van der Waals surface area contributed by atoms with Crippen molar-refractivity contribution >= 4 is 0 Å². The molecule has 17 heavy (non-hydrogen) atoms. The molecular weight excluding hydrogens is 216 g/mol. The van der Waals surface area contributed by atoms with E-state index in [9.17, 15) is 5.11 Å². The van der Waals surface area contributed by atoms with Crippen LogP contribution in [-0.2, 0) is 6.54 Å². The molecule has 0 saturated carbocycles. The standard InChI is InChI=1S/C13H20N2O2/c1-13(2,3)6-10(9-16)15-8-12-5-4-11(7-14)17-12/h4-5,10,15-16H,6,8-9H2,1-3H3.